The highest BCUT2D eigenvalue weighted by atomic mass is 16.5. The molecule has 1 fully saturated rings. The zero-order chi connectivity index (χ0) is 21.9. The van der Waals surface area contributed by atoms with Crippen LogP contribution in [0.3, 0.4) is 0 Å². The molecular weight excluding hydrogens is 368 g/mol. The van der Waals surface area contributed by atoms with Gasteiger partial charge in [0.15, 0.2) is 0 Å². The van der Waals surface area contributed by atoms with Gasteiger partial charge in [0.1, 0.15) is 5.75 Å². The fourth-order valence-corrected chi connectivity index (χ4v) is 4.47. The third-order valence-electron chi connectivity index (χ3n) is 6.16. The molecule has 0 aliphatic carbocycles. The minimum atomic E-state index is 0.226. The first-order valence-corrected chi connectivity index (χ1v) is 12.2. The fourth-order valence-electron chi connectivity index (χ4n) is 4.47. The van der Waals surface area contributed by atoms with Crippen LogP contribution in [0.4, 0.5) is 0 Å². The molecule has 0 aromatic heterocycles. The van der Waals surface area contributed by atoms with Gasteiger partial charge in [-0.1, -0.05) is 59.6 Å². The van der Waals surface area contributed by atoms with Gasteiger partial charge >= 0.3 is 0 Å². The molecule has 1 saturated heterocycles. The summed E-state index contributed by atoms with van der Waals surface area (Å²) in [5, 5.41) is 3.55. The van der Waals surface area contributed by atoms with E-state index in [1.807, 2.05) is 13.8 Å². The third-order valence-corrected chi connectivity index (χ3v) is 6.16. The molecule has 0 amide bonds. The van der Waals surface area contributed by atoms with Crippen LogP contribution in [0.15, 0.2) is 36.1 Å². The minimum absolute atomic E-state index is 0.226. The lowest BCUT2D eigenvalue weighted by Gasteiger charge is -2.31. The number of rotatable bonds is 8. The van der Waals surface area contributed by atoms with E-state index >= 15 is 0 Å². The van der Waals surface area contributed by atoms with Crippen molar-refractivity contribution in [2.45, 2.75) is 79.2 Å². The van der Waals surface area contributed by atoms with Crippen molar-refractivity contribution in [3.8, 4) is 5.75 Å². The van der Waals surface area contributed by atoms with Crippen LogP contribution in [0, 0.1) is 5.92 Å². The molecule has 3 nitrogen and oxygen atoms in total. The number of hydrogen-bond donors (Lipinski definition) is 1. The SMILES string of the molecule is CC.CCCc1cc(C2C=C(CN3CCC(C)CC3)C=CN2)cc(OC)c1CCC. The number of ether oxygens (including phenoxy) is 1. The maximum absolute atomic E-state index is 5.80. The summed E-state index contributed by atoms with van der Waals surface area (Å²) in [6.45, 7) is 14.4. The monoisotopic (exact) mass is 412 g/mol. The smallest absolute Gasteiger partial charge is 0.122 e. The molecule has 0 radical (unpaired) electrons. The average molecular weight is 413 g/mol. The van der Waals surface area contributed by atoms with Gasteiger partial charge in [0.2, 0.25) is 0 Å². The maximum Gasteiger partial charge on any atom is 0.122 e. The van der Waals surface area contributed by atoms with Gasteiger partial charge < -0.3 is 10.1 Å². The zero-order valence-corrected chi connectivity index (χ0v) is 20.3. The van der Waals surface area contributed by atoms with E-state index in [0.29, 0.717) is 0 Å². The Morgan fingerprint density at radius 2 is 1.77 bits per heavy atom. The highest BCUT2D eigenvalue weighted by molar-refractivity contribution is 5.47. The Bertz CT molecular complexity index is 699. The quantitative estimate of drug-likeness (QED) is 0.531. The second kappa shape index (κ2) is 12.8. The number of piperidine rings is 1. The Morgan fingerprint density at radius 1 is 1.07 bits per heavy atom. The van der Waals surface area contributed by atoms with Gasteiger partial charge in [0.05, 0.1) is 13.2 Å². The predicted molar refractivity (Wildman–Crippen MR) is 130 cm³/mol. The number of aryl methyl sites for hydroxylation is 1. The summed E-state index contributed by atoms with van der Waals surface area (Å²) in [6.07, 6.45) is 13.9. The van der Waals surface area contributed by atoms with Crippen LogP contribution in [-0.4, -0.2) is 31.6 Å². The molecule has 0 bridgehead atoms. The molecule has 2 heterocycles. The van der Waals surface area contributed by atoms with E-state index in [0.717, 1.165) is 43.9 Å². The molecule has 1 aromatic rings. The van der Waals surface area contributed by atoms with Gasteiger partial charge in [-0.15, -0.1) is 0 Å². The third kappa shape index (κ3) is 6.63. The summed E-state index contributed by atoms with van der Waals surface area (Å²) >= 11 is 0. The van der Waals surface area contributed by atoms with Gasteiger partial charge in [-0.3, -0.25) is 4.90 Å². The predicted octanol–water partition coefficient (Wildman–Crippen LogP) is 6.44. The van der Waals surface area contributed by atoms with Gasteiger partial charge in [-0.05, 0) is 85.3 Å². The highest BCUT2D eigenvalue weighted by Crippen LogP contribution is 2.32. The summed E-state index contributed by atoms with van der Waals surface area (Å²) < 4.78 is 5.80. The second-order valence-corrected chi connectivity index (χ2v) is 8.54. The van der Waals surface area contributed by atoms with Crippen molar-refractivity contribution in [3.63, 3.8) is 0 Å². The fraction of sp³-hybridized carbons (Fsp3) is 0.630. The summed E-state index contributed by atoms with van der Waals surface area (Å²) in [6, 6.07) is 4.88. The number of nitrogens with one attached hydrogen (secondary N) is 1. The lowest BCUT2D eigenvalue weighted by atomic mass is 9.92. The minimum Gasteiger partial charge on any atom is -0.496 e. The number of likely N-dealkylation sites (tertiary alicyclic amines) is 1. The molecule has 1 N–H and O–H groups in total. The number of benzene rings is 1. The van der Waals surface area contributed by atoms with E-state index in [1.165, 1.54) is 48.2 Å². The summed E-state index contributed by atoms with van der Waals surface area (Å²) in [5.41, 5.74) is 5.59. The Kier molecular flexibility index (Phi) is 10.5. The number of methoxy groups -OCH3 is 1. The van der Waals surface area contributed by atoms with Gasteiger partial charge in [-0.2, -0.15) is 0 Å². The van der Waals surface area contributed by atoms with Crippen molar-refractivity contribution in [2.24, 2.45) is 5.92 Å². The molecule has 1 unspecified atom stereocenters. The van der Waals surface area contributed by atoms with Gasteiger partial charge in [0, 0.05) is 6.54 Å². The topological polar surface area (TPSA) is 24.5 Å². The van der Waals surface area contributed by atoms with Crippen molar-refractivity contribution < 1.29 is 4.74 Å². The molecule has 2 aliphatic heterocycles. The Balaban J connectivity index is 0.00000155. The van der Waals surface area contributed by atoms with Crippen molar-refractivity contribution in [3.05, 3.63) is 52.7 Å². The first-order chi connectivity index (χ1) is 14.6. The lowest BCUT2D eigenvalue weighted by molar-refractivity contribution is 0.207. The molecule has 3 rings (SSSR count). The lowest BCUT2D eigenvalue weighted by Crippen LogP contribution is -2.34. The van der Waals surface area contributed by atoms with E-state index in [9.17, 15) is 0 Å². The van der Waals surface area contributed by atoms with Crippen LogP contribution in [0.2, 0.25) is 0 Å². The molecule has 0 saturated carbocycles. The molecule has 1 atom stereocenters. The highest BCUT2D eigenvalue weighted by Gasteiger charge is 2.20. The van der Waals surface area contributed by atoms with Crippen LogP contribution < -0.4 is 10.1 Å². The van der Waals surface area contributed by atoms with Crippen molar-refractivity contribution in [1.29, 1.82) is 0 Å². The van der Waals surface area contributed by atoms with Crippen molar-refractivity contribution >= 4 is 0 Å². The second-order valence-electron chi connectivity index (χ2n) is 8.54. The zero-order valence-electron chi connectivity index (χ0n) is 20.3. The average Bonchev–Trinajstić information content (AvgIpc) is 2.78. The van der Waals surface area contributed by atoms with Crippen LogP contribution in [-0.2, 0) is 12.8 Å². The van der Waals surface area contributed by atoms with Crippen LogP contribution in [0.1, 0.15) is 83.0 Å². The van der Waals surface area contributed by atoms with Crippen LogP contribution in [0.25, 0.3) is 0 Å². The molecule has 1 aromatic carbocycles. The van der Waals surface area contributed by atoms with E-state index in [1.54, 1.807) is 7.11 Å². The molecule has 168 valence electrons. The number of nitrogens with zero attached hydrogens (tertiary/aromatic N) is 1. The van der Waals surface area contributed by atoms with Gasteiger partial charge in [0.25, 0.3) is 0 Å². The maximum atomic E-state index is 5.80. The van der Waals surface area contributed by atoms with Crippen LogP contribution >= 0.6 is 0 Å². The molecular formula is C27H44N2O. The Morgan fingerprint density at radius 3 is 2.40 bits per heavy atom. The van der Waals surface area contributed by atoms with Crippen molar-refractivity contribution in [2.75, 3.05) is 26.7 Å². The van der Waals surface area contributed by atoms with E-state index < -0.39 is 0 Å². The summed E-state index contributed by atoms with van der Waals surface area (Å²) in [5.74, 6) is 1.94. The Hall–Kier alpha value is -1.74. The normalized spacial score (nSPS) is 19.5. The first kappa shape index (κ1) is 24.5. The molecule has 30 heavy (non-hydrogen) atoms. The largest absolute Gasteiger partial charge is 0.496 e. The Labute approximate surface area is 185 Å². The van der Waals surface area contributed by atoms with Gasteiger partial charge in [-0.25, -0.2) is 0 Å². The van der Waals surface area contributed by atoms with Crippen LogP contribution in [0.5, 0.6) is 5.75 Å². The van der Waals surface area contributed by atoms with E-state index in [4.69, 9.17) is 4.74 Å². The van der Waals surface area contributed by atoms with E-state index in [-0.39, 0.29) is 6.04 Å². The molecule has 3 heteroatoms. The first-order valence-electron chi connectivity index (χ1n) is 12.2. The number of dihydropyridines is 1. The summed E-state index contributed by atoms with van der Waals surface area (Å²) in [4.78, 5) is 2.60. The summed E-state index contributed by atoms with van der Waals surface area (Å²) in [7, 11) is 1.81. The number of hydrogen-bond acceptors (Lipinski definition) is 3. The molecule has 2 aliphatic rings. The van der Waals surface area contributed by atoms with E-state index in [2.05, 4.69) is 61.5 Å². The molecule has 0 spiro atoms. The van der Waals surface area contributed by atoms with Crippen molar-refractivity contribution in [1.82, 2.24) is 10.2 Å². The standard InChI is InChI=1S/C25H38N2O.C2H6/c1-5-7-21-16-22(17-25(28-4)23(21)8-6-2)24-15-20(9-12-26-24)18-27-13-10-19(3)11-14-27;1-2/h9,12,15-17,19,24,26H,5-8,10-11,13-14,18H2,1-4H3;1-2H3.